The summed E-state index contributed by atoms with van der Waals surface area (Å²) >= 11 is 11.6. The highest BCUT2D eigenvalue weighted by molar-refractivity contribution is 6.33. The molecule has 0 aromatic carbocycles. The van der Waals surface area contributed by atoms with Crippen LogP contribution >= 0.6 is 23.2 Å². The second-order valence-corrected chi connectivity index (χ2v) is 5.70. The number of carbonyl (C=O) groups excluding carboxylic acids is 1. The van der Waals surface area contributed by atoms with Gasteiger partial charge in [-0.25, -0.2) is 4.98 Å². The van der Waals surface area contributed by atoms with Gasteiger partial charge < -0.3 is 9.88 Å². The Kier molecular flexibility index (Phi) is 3.82. The predicted molar refractivity (Wildman–Crippen MR) is 78.5 cm³/mol. The normalized spacial score (nSPS) is 14.8. The molecule has 0 aliphatic carbocycles. The number of halogens is 2. The molecule has 1 N–H and O–H groups in total. The monoisotopic (exact) mass is 325 g/mol. The summed E-state index contributed by atoms with van der Waals surface area (Å²) in [5, 5.41) is 11.5. The predicted octanol–water partition coefficient (Wildman–Crippen LogP) is 2.42. The van der Waals surface area contributed by atoms with Crippen molar-refractivity contribution in [1.29, 1.82) is 0 Å². The van der Waals surface area contributed by atoms with Crippen LogP contribution in [0.25, 0.3) is 0 Å². The van der Waals surface area contributed by atoms with Crippen molar-refractivity contribution in [2.45, 2.75) is 32.4 Å². The maximum Gasteiger partial charge on any atom is 0.252 e. The van der Waals surface area contributed by atoms with Gasteiger partial charge in [0.25, 0.3) is 5.91 Å². The van der Waals surface area contributed by atoms with E-state index in [0.717, 1.165) is 31.0 Å². The van der Waals surface area contributed by atoms with E-state index in [2.05, 4.69) is 25.1 Å². The van der Waals surface area contributed by atoms with Gasteiger partial charge in [0.05, 0.1) is 6.04 Å². The van der Waals surface area contributed by atoms with Gasteiger partial charge >= 0.3 is 0 Å². The molecule has 1 amide bonds. The van der Waals surface area contributed by atoms with E-state index in [-0.39, 0.29) is 22.3 Å². The summed E-state index contributed by atoms with van der Waals surface area (Å²) in [4.78, 5) is 16.1. The van der Waals surface area contributed by atoms with Gasteiger partial charge in [-0.1, -0.05) is 23.2 Å². The third-order valence-corrected chi connectivity index (χ3v) is 3.79. The first kappa shape index (κ1) is 14.3. The number of fused-ring (bicyclic) bond motifs is 1. The van der Waals surface area contributed by atoms with E-state index in [1.807, 2.05) is 6.92 Å². The third kappa shape index (κ3) is 2.87. The molecule has 1 aliphatic heterocycles. The van der Waals surface area contributed by atoms with Crippen LogP contribution in [-0.4, -0.2) is 25.7 Å². The van der Waals surface area contributed by atoms with Gasteiger partial charge in [-0.05, 0) is 25.5 Å². The van der Waals surface area contributed by atoms with E-state index < -0.39 is 0 Å². The molecule has 3 heterocycles. The fourth-order valence-electron chi connectivity index (χ4n) is 2.43. The summed E-state index contributed by atoms with van der Waals surface area (Å²) in [7, 11) is 0. The van der Waals surface area contributed by atoms with Gasteiger partial charge in [0.15, 0.2) is 5.82 Å². The Balaban J connectivity index is 1.77. The molecule has 0 saturated heterocycles. The molecular formula is C13H13Cl2N5O. The zero-order valence-corrected chi connectivity index (χ0v) is 12.8. The minimum Gasteiger partial charge on any atom is -0.342 e. The van der Waals surface area contributed by atoms with Crippen molar-refractivity contribution in [2.75, 3.05) is 0 Å². The van der Waals surface area contributed by atoms with Crippen LogP contribution in [0.5, 0.6) is 0 Å². The highest BCUT2D eigenvalue weighted by Crippen LogP contribution is 2.20. The van der Waals surface area contributed by atoms with Crippen molar-refractivity contribution >= 4 is 29.1 Å². The average molecular weight is 326 g/mol. The van der Waals surface area contributed by atoms with Crippen LogP contribution in [0.3, 0.4) is 0 Å². The van der Waals surface area contributed by atoms with Crippen molar-refractivity contribution in [3.63, 3.8) is 0 Å². The molecule has 6 nitrogen and oxygen atoms in total. The zero-order chi connectivity index (χ0) is 15.0. The highest BCUT2D eigenvalue weighted by Gasteiger charge is 2.22. The Hall–Kier alpha value is -1.66. The summed E-state index contributed by atoms with van der Waals surface area (Å²) in [6, 6.07) is 2.70. The number of pyridine rings is 1. The number of hydrogen-bond acceptors (Lipinski definition) is 4. The Labute approximate surface area is 131 Å². The second-order valence-electron chi connectivity index (χ2n) is 4.93. The van der Waals surface area contributed by atoms with E-state index in [1.165, 1.54) is 12.1 Å². The second kappa shape index (κ2) is 5.61. The molecule has 110 valence electrons. The lowest BCUT2D eigenvalue weighted by Gasteiger charge is -2.14. The molecule has 2 aromatic rings. The summed E-state index contributed by atoms with van der Waals surface area (Å²) in [6.07, 6.45) is 2.00. The first-order valence-electron chi connectivity index (χ1n) is 6.60. The van der Waals surface area contributed by atoms with E-state index in [4.69, 9.17) is 23.2 Å². The van der Waals surface area contributed by atoms with Crippen LogP contribution in [0.15, 0.2) is 12.1 Å². The lowest BCUT2D eigenvalue weighted by molar-refractivity contribution is 0.0937. The minimum absolute atomic E-state index is 0.184. The lowest BCUT2D eigenvalue weighted by Crippen LogP contribution is -2.28. The molecule has 1 atom stereocenters. The summed E-state index contributed by atoms with van der Waals surface area (Å²) in [5.41, 5.74) is 0.369. The zero-order valence-electron chi connectivity index (χ0n) is 11.3. The molecule has 0 fully saturated rings. The van der Waals surface area contributed by atoms with Crippen LogP contribution in [0.4, 0.5) is 0 Å². The molecule has 3 rings (SSSR count). The number of carbonyl (C=O) groups is 1. The van der Waals surface area contributed by atoms with Gasteiger partial charge in [0, 0.05) is 18.5 Å². The van der Waals surface area contributed by atoms with E-state index in [0.29, 0.717) is 5.56 Å². The van der Waals surface area contributed by atoms with Crippen LogP contribution in [0, 0.1) is 0 Å². The van der Waals surface area contributed by atoms with E-state index in [1.54, 1.807) is 0 Å². The lowest BCUT2D eigenvalue weighted by atomic mass is 10.2. The van der Waals surface area contributed by atoms with Gasteiger partial charge in [-0.2, -0.15) is 0 Å². The standard InChI is InChI=1S/C13H13Cl2N5O/c1-7(12-19-18-11-3-2-4-20(11)12)16-13(21)8-5-9(14)17-10(15)6-8/h5-7H,2-4H2,1H3,(H,16,21). The number of nitrogens with one attached hydrogen (secondary N) is 1. The van der Waals surface area contributed by atoms with Crippen LogP contribution in [0.1, 0.15) is 41.4 Å². The number of hydrogen-bond donors (Lipinski definition) is 1. The Bertz CT molecular complexity index is 680. The van der Waals surface area contributed by atoms with Crippen molar-refractivity contribution in [3.8, 4) is 0 Å². The largest absolute Gasteiger partial charge is 0.342 e. The maximum absolute atomic E-state index is 12.2. The van der Waals surface area contributed by atoms with Crippen LogP contribution < -0.4 is 5.32 Å². The smallest absolute Gasteiger partial charge is 0.252 e. The van der Waals surface area contributed by atoms with Crippen LogP contribution in [-0.2, 0) is 13.0 Å². The SMILES string of the molecule is CC(NC(=O)c1cc(Cl)nc(Cl)c1)c1nnc2n1CCC2. The van der Waals surface area contributed by atoms with Crippen molar-refractivity contribution in [2.24, 2.45) is 0 Å². The third-order valence-electron chi connectivity index (χ3n) is 3.40. The minimum atomic E-state index is -0.274. The molecule has 0 spiro atoms. The first-order chi connectivity index (χ1) is 10.0. The molecule has 1 unspecified atom stereocenters. The molecule has 0 bridgehead atoms. The Morgan fingerprint density at radius 2 is 2.05 bits per heavy atom. The van der Waals surface area contributed by atoms with Gasteiger partial charge in [0.2, 0.25) is 0 Å². The van der Waals surface area contributed by atoms with Crippen molar-refractivity contribution in [3.05, 3.63) is 39.7 Å². The molecule has 0 saturated carbocycles. The number of aryl methyl sites for hydroxylation is 1. The Morgan fingerprint density at radius 3 is 2.76 bits per heavy atom. The molecule has 0 radical (unpaired) electrons. The number of rotatable bonds is 3. The molecule has 8 heteroatoms. The molecule has 2 aromatic heterocycles. The van der Waals surface area contributed by atoms with E-state index >= 15 is 0 Å². The van der Waals surface area contributed by atoms with E-state index in [9.17, 15) is 4.79 Å². The number of aromatic nitrogens is 4. The summed E-state index contributed by atoms with van der Waals surface area (Å²) in [6.45, 7) is 2.77. The quantitative estimate of drug-likeness (QED) is 0.879. The average Bonchev–Trinajstić information content (AvgIpc) is 2.99. The first-order valence-corrected chi connectivity index (χ1v) is 7.36. The summed E-state index contributed by atoms with van der Waals surface area (Å²) < 4.78 is 2.05. The highest BCUT2D eigenvalue weighted by atomic mass is 35.5. The van der Waals surface area contributed by atoms with Gasteiger partial charge in [-0.15, -0.1) is 10.2 Å². The van der Waals surface area contributed by atoms with Crippen molar-refractivity contribution in [1.82, 2.24) is 25.1 Å². The van der Waals surface area contributed by atoms with Crippen LogP contribution in [0.2, 0.25) is 10.3 Å². The van der Waals surface area contributed by atoms with Gasteiger partial charge in [0.1, 0.15) is 16.1 Å². The maximum atomic E-state index is 12.2. The van der Waals surface area contributed by atoms with Crippen molar-refractivity contribution < 1.29 is 4.79 Å². The fraction of sp³-hybridized carbons (Fsp3) is 0.385. The fourth-order valence-corrected chi connectivity index (χ4v) is 2.89. The molecule has 1 aliphatic rings. The summed E-state index contributed by atoms with van der Waals surface area (Å²) in [5.74, 6) is 1.47. The molecular weight excluding hydrogens is 313 g/mol. The number of nitrogens with zero attached hydrogens (tertiary/aromatic N) is 4. The van der Waals surface area contributed by atoms with Gasteiger partial charge in [-0.3, -0.25) is 4.79 Å². The Morgan fingerprint density at radius 1 is 1.33 bits per heavy atom. The number of amides is 1. The molecule has 21 heavy (non-hydrogen) atoms. The topological polar surface area (TPSA) is 72.7 Å².